The Morgan fingerprint density at radius 2 is 1.78 bits per heavy atom. The molecule has 1 fully saturated rings. The van der Waals surface area contributed by atoms with Gasteiger partial charge in [-0.2, -0.15) is 0 Å². The molecule has 5 rings (SSSR count). The Kier molecular flexibility index (Phi) is 5.50. The van der Waals surface area contributed by atoms with Crippen molar-refractivity contribution in [1.29, 1.82) is 0 Å². The summed E-state index contributed by atoms with van der Waals surface area (Å²) in [5.74, 6) is -0.0437. The molecule has 3 aromatic carbocycles. The number of ether oxygens (including phenoxy) is 1. The first-order chi connectivity index (χ1) is 15.6. The van der Waals surface area contributed by atoms with E-state index < -0.39 is 0 Å². The van der Waals surface area contributed by atoms with Crippen molar-refractivity contribution in [3.8, 4) is 11.3 Å². The molecule has 0 amide bonds. The SMILES string of the molecule is COC(=O)C1CN(Cc2ccc(-c3cc4cc(Cc5ccccc5)ccc4o3)c(F)c2)C1. The van der Waals surface area contributed by atoms with Crippen LogP contribution in [-0.4, -0.2) is 31.1 Å². The Labute approximate surface area is 186 Å². The predicted octanol–water partition coefficient (Wildman–Crippen LogP) is 5.43. The summed E-state index contributed by atoms with van der Waals surface area (Å²) in [4.78, 5) is 13.6. The smallest absolute Gasteiger partial charge is 0.311 e. The van der Waals surface area contributed by atoms with E-state index in [2.05, 4.69) is 29.2 Å². The van der Waals surface area contributed by atoms with Gasteiger partial charge in [-0.25, -0.2) is 4.39 Å². The molecule has 32 heavy (non-hydrogen) atoms. The van der Waals surface area contributed by atoms with E-state index in [1.807, 2.05) is 36.4 Å². The Bertz CT molecular complexity index is 1260. The van der Waals surface area contributed by atoms with Crippen LogP contribution in [0.1, 0.15) is 16.7 Å². The van der Waals surface area contributed by atoms with Gasteiger partial charge in [0.15, 0.2) is 0 Å². The number of halogens is 1. The zero-order chi connectivity index (χ0) is 22.1. The summed E-state index contributed by atoms with van der Waals surface area (Å²) in [6.45, 7) is 1.89. The highest BCUT2D eigenvalue weighted by Gasteiger charge is 2.33. The van der Waals surface area contributed by atoms with E-state index in [9.17, 15) is 9.18 Å². The summed E-state index contributed by atoms with van der Waals surface area (Å²) in [6.07, 6.45) is 0.841. The molecule has 0 saturated carbocycles. The third-order valence-corrected chi connectivity index (χ3v) is 6.03. The molecule has 0 aliphatic carbocycles. The summed E-state index contributed by atoms with van der Waals surface area (Å²) < 4.78 is 25.6. The molecule has 0 unspecified atom stereocenters. The number of carbonyl (C=O) groups excluding carboxylic acids is 1. The topological polar surface area (TPSA) is 42.7 Å². The highest BCUT2D eigenvalue weighted by atomic mass is 19.1. The number of benzene rings is 3. The molecule has 0 N–H and O–H groups in total. The summed E-state index contributed by atoms with van der Waals surface area (Å²) in [7, 11) is 1.40. The molecule has 4 nitrogen and oxygen atoms in total. The maximum absolute atomic E-state index is 14.9. The summed E-state index contributed by atoms with van der Waals surface area (Å²) in [5.41, 5.74) is 4.50. The number of hydrogen-bond donors (Lipinski definition) is 0. The van der Waals surface area contributed by atoms with E-state index in [0.29, 0.717) is 31.0 Å². The molecule has 0 radical (unpaired) electrons. The lowest BCUT2D eigenvalue weighted by Gasteiger charge is -2.37. The van der Waals surface area contributed by atoms with Crippen molar-refractivity contribution >= 4 is 16.9 Å². The normalized spacial score (nSPS) is 14.4. The molecule has 4 aromatic rings. The monoisotopic (exact) mass is 429 g/mol. The first-order valence-corrected chi connectivity index (χ1v) is 10.7. The van der Waals surface area contributed by atoms with Gasteiger partial charge in [-0.1, -0.05) is 42.5 Å². The molecular formula is C27H24FNO3. The fourth-order valence-electron chi connectivity index (χ4n) is 4.30. The fraction of sp³-hybridized carbons (Fsp3) is 0.222. The molecule has 1 aromatic heterocycles. The van der Waals surface area contributed by atoms with Gasteiger partial charge in [-0.15, -0.1) is 0 Å². The molecule has 0 bridgehead atoms. The van der Waals surface area contributed by atoms with Crippen LogP contribution in [0.4, 0.5) is 4.39 Å². The zero-order valence-electron chi connectivity index (χ0n) is 17.9. The molecule has 1 aliphatic rings. The number of nitrogens with zero attached hydrogens (tertiary/aromatic N) is 1. The third kappa shape index (κ3) is 4.16. The summed E-state index contributed by atoms with van der Waals surface area (Å²) in [5, 5.41) is 0.964. The minimum atomic E-state index is -0.309. The van der Waals surface area contributed by atoms with Gasteiger partial charge in [0.25, 0.3) is 0 Å². The van der Waals surface area contributed by atoms with Crippen LogP contribution in [-0.2, 0) is 22.5 Å². The van der Waals surface area contributed by atoms with Gasteiger partial charge in [0.2, 0.25) is 0 Å². The lowest BCUT2D eigenvalue weighted by atomic mass is 9.99. The van der Waals surface area contributed by atoms with Crippen LogP contribution >= 0.6 is 0 Å². The molecule has 0 spiro atoms. The van der Waals surface area contributed by atoms with Crippen molar-refractivity contribution in [2.24, 2.45) is 5.92 Å². The Morgan fingerprint density at radius 3 is 2.53 bits per heavy atom. The maximum Gasteiger partial charge on any atom is 0.311 e. The van der Waals surface area contributed by atoms with Crippen molar-refractivity contribution in [3.05, 3.63) is 95.3 Å². The van der Waals surface area contributed by atoms with Crippen molar-refractivity contribution < 1.29 is 18.3 Å². The zero-order valence-corrected chi connectivity index (χ0v) is 17.9. The lowest BCUT2D eigenvalue weighted by molar-refractivity contribution is -0.151. The van der Waals surface area contributed by atoms with Crippen LogP contribution in [0.5, 0.6) is 0 Å². The number of esters is 1. The van der Waals surface area contributed by atoms with E-state index in [1.54, 1.807) is 12.1 Å². The van der Waals surface area contributed by atoms with E-state index in [-0.39, 0.29) is 17.7 Å². The van der Waals surface area contributed by atoms with Crippen LogP contribution in [0.2, 0.25) is 0 Å². The molecule has 1 saturated heterocycles. The van der Waals surface area contributed by atoms with E-state index in [1.165, 1.54) is 18.2 Å². The van der Waals surface area contributed by atoms with E-state index in [4.69, 9.17) is 9.15 Å². The second kappa shape index (κ2) is 8.60. The highest BCUT2D eigenvalue weighted by molar-refractivity contribution is 5.83. The van der Waals surface area contributed by atoms with Crippen molar-refractivity contribution in [3.63, 3.8) is 0 Å². The maximum atomic E-state index is 14.9. The standard InChI is InChI=1S/C27H24FNO3/c1-31-27(30)22-16-29(17-22)15-20-7-9-23(24(28)13-20)26-14-21-12-19(8-10-25(21)32-26)11-18-5-3-2-4-6-18/h2-10,12-14,22H,11,15-17H2,1H3. The molecule has 162 valence electrons. The number of fused-ring (bicyclic) bond motifs is 1. The third-order valence-electron chi connectivity index (χ3n) is 6.03. The fourth-order valence-corrected chi connectivity index (χ4v) is 4.30. The average Bonchev–Trinajstić information content (AvgIpc) is 3.19. The van der Waals surface area contributed by atoms with Crippen molar-refractivity contribution in [1.82, 2.24) is 4.90 Å². The van der Waals surface area contributed by atoms with Crippen LogP contribution < -0.4 is 0 Å². The number of furan rings is 1. The van der Waals surface area contributed by atoms with Gasteiger partial charge in [0, 0.05) is 25.0 Å². The Morgan fingerprint density at radius 1 is 1.00 bits per heavy atom. The van der Waals surface area contributed by atoms with Gasteiger partial charge in [0.1, 0.15) is 17.2 Å². The largest absolute Gasteiger partial charge is 0.469 e. The van der Waals surface area contributed by atoms with E-state index in [0.717, 1.165) is 23.0 Å². The first kappa shape index (κ1) is 20.5. The molecule has 2 heterocycles. The van der Waals surface area contributed by atoms with Gasteiger partial charge < -0.3 is 9.15 Å². The van der Waals surface area contributed by atoms with Crippen LogP contribution in [0.15, 0.2) is 77.2 Å². The Hall–Kier alpha value is -3.44. The molecule has 5 heteroatoms. The van der Waals surface area contributed by atoms with Crippen LogP contribution in [0.25, 0.3) is 22.3 Å². The van der Waals surface area contributed by atoms with Gasteiger partial charge in [-0.3, -0.25) is 9.69 Å². The number of methoxy groups -OCH3 is 1. The highest BCUT2D eigenvalue weighted by Crippen LogP contribution is 2.31. The number of rotatable bonds is 6. The van der Waals surface area contributed by atoms with Gasteiger partial charge >= 0.3 is 5.97 Å². The summed E-state index contributed by atoms with van der Waals surface area (Å²) in [6, 6.07) is 23.5. The second-order valence-electron chi connectivity index (χ2n) is 8.37. The average molecular weight is 429 g/mol. The Balaban J connectivity index is 1.31. The molecule has 0 atom stereocenters. The molecule has 1 aliphatic heterocycles. The van der Waals surface area contributed by atoms with Gasteiger partial charge in [-0.05, 0) is 53.4 Å². The first-order valence-electron chi connectivity index (χ1n) is 10.7. The number of hydrogen-bond acceptors (Lipinski definition) is 4. The van der Waals surface area contributed by atoms with Crippen LogP contribution in [0, 0.1) is 11.7 Å². The lowest BCUT2D eigenvalue weighted by Crippen LogP contribution is -2.49. The number of carbonyl (C=O) groups is 1. The predicted molar refractivity (Wildman–Crippen MR) is 122 cm³/mol. The minimum absolute atomic E-state index is 0.0774. The van der Waals surface area contributed by atoms with Crippen molar-refractivity contribution in [2.45, 2.75) is 13.0 Å². The van der Waals surface area contributed by atoms with Crippen LogP contribution in [0.3, 0.4) is 0 Å². The van der Waals surface area contributed by atoms with E-state index >= 15 is 0 Å². The number of likely N-dealkylation sites (tertiary alicyclic amines) is 1. The quantitative estimate of drug-likeness (QED) is 0.383. The van der Waals surface area contributed by atoms with Crippen molar-refractivity contribution in [2.75, 3.05) is 20.2 Å². The molecular weight excluding hydrogens is 405 g/mol. The minimum Gasteiger partial charge on any atom is -0.469 e. The summed E-state index contributed by atoms with van der Waals surface area (Å²) >= 11 is 0. The second-order valence-corrected chi connectivity index (χ2v) is 8.37. The van der Waals surface area contributed by atoms with Gasteiger partial charge in [0.05, 0.1) is 18.6 Å².